The fourth-order valence-electron chi connectivity index (χ4n) is 1.12. The predicted molar refractivity (Wildman–Crippen MR) is 44.1 cm³/mol. The summed E-state index contributed by atoms with van der Waals surface area (Å²) in [6.07, 6.45) is 1.03. The number of hydrogen-bond acceptors (Lipinski definition) is 4. The first-order valence-corrected chi connectivity index (χ1v) is 3.82. The lowest BCUT2D eigenvalue weighted by atomic mass is 10.3. The van der Waals surface area contributed by atoms with Crippen LogP contribution >= 0.6 is 0 Å². The lowest BCUT2D eigenvalue weighted by Gasteiger charge is -2.16. The monoisotopic (exact) mass is 185 g/mol. The van der Waals surface area contributed by atoms with Crippen LogP contribution in [0.1, 0.15) is 0 Å². The molecule has 5 heteroatoms. The van der Waals surface area contributed by atoms with E-state index in [1.807, 2.05) is 0 Å². The fraction of sp³-hybridized carbons (Fsp3) is 0.500. The van der Waals surface area contributed by atoms with E-state index in [1.165, 1.54) is 18.1 Å². The van der Waals surface area contributed by atoms with E-state index in [0.717, 1.165) is 0 Å². The van der Waals surface area contributed by atoms with Crippen LogP contribution in [0.5, 0.6) is 0 Å². The Morgan fingerprint density at radius 2 is 2.62 bits per heavy atom. The van der Waals surface area contributed by atoms with Crippen LogP contribution in [0.3, 0.4) is 0 Å². The fourth-order valence-corrected chi connectivity index (χ4v) is 1.12. The molecule has 0 aromatic heterocycles. The van der Waals surface area contributed by atoms with E-state index < -0.39 is 18.1 Å². The second-order valence-corrected chi connectivity index (χ2v) is 2.56. The van der Waals surface area contributed by atoms with E-state index in [0.29, 0.717) is 6.54 Å². The highest BCUT2D eigenvalue weighted by Gasteiger charge is 2.37. The molecule has 13 heavy (non-hydrogen) atoms. The molecule has 5 nitrogen and oxygen atoms in total. The highest BCUT2D eigenvalue weighted by atomic mass is 16.6. The van der Waals surface area contributed by atoms with Crippen LogP contribution in [0.4, 0.5) is 4.79 Å². The quantitative estimate of drug-likeness (QED) is 0.464. The van der Waals surface area contributed by atoms with Crippen molar-refractivity contribution in [2.24, 2.45) is 0 Å². The molecule has 0 bridgehead atoms. The van der Waals surface area contributed by atoms with Crippen molar-refractivity contribution in [1.82, 2.24) is 4.90 Å². The molecule has 1 aliphatic heterocycles. The van der Waals surface area contributed by atoms with E-state index in [-0.39, 0.29) is 6.61 Å². The van der Waals surface area contributed by atoms with Crippen molar-refractivity contribution < 1.29 is 19.1 Å². The first kappa shape index (κ1) is 9.57. The maximum absolute atomic E-state index is 11.1. The molecule has 0 aromatic carbocycles. The number of amides is 1. The minimum Gasteiger partial charge on any atom is -0.467 e. The highest BCUT2D eigenvalue weighted by molar-refractivity contribution is 5.84. The van der Waals surface area contributed by atoms with Crippen molar-refractivity contribution in [3.8, 4) is 0 Å². The molecule has 0 unspecified atom stereocenters. The Labute approximate surface area is 75.9 Å². The number of esters is 1. The Morgan fingerprint density at radius 1 is 1.92 bits per heavy atom. The number of carbonyl (C=O) groups excluding carboxylic acids is 2. The standard InChI is InChI=1S/C8H11NO4/c1-3-4-9-6(7(10)12-2)5-13-8(9)11/h3,6H,1,4-5H2,2H3/t6-/m1/s1. The molecule has 0 saturated carbocycles. The summed E-state index contributed by atoms with van der Waals surface area (Å²) in [6, 6.07) is -0.629. The lowest BCUT2D eigenvalue weighted by molar-refractivity contribution is -0.145. The van der Waals surface area contributed by atoms with Gasteiger partial charge in [0.1, 0.15) is 6.61 Å². The third kappa shape index (κ3) is 1.80. The van der Waals surface area contributed by atoms with Gasteiger partial charge in [-0.05, 0) is 0 Å². The average molecular weight is 185 g/mol. The molecule has 1 amide bonds. The molecule has 0 spiro atoms. The van der Waals surface area contributed by atoms with Gasteiger partial charge >= 0.3 is 12.1 Å². The third-order valence-electron chi connectivity index (χ3n) is 1.77. The smallest absolute Gasteiger partial charge is 0.411 e. The summed E-state index contributed by atoms with van der Waals surface area (Å²) >= 11 is 0. The maximum atomic E-state index is 11.1. The number of nitrogens with zero attached hydrogens (tertiary/aromatic N) is 1. The number of hydrogen-bond donors (Lipinski definition) is 0. The summed E-state index contributed by atoms with van der Waals surface area (Å²) in [6.45, 7) is 3.82. The van der Waals surface area contributed by atoms with Crippen LogP contribution in [0.25, 0.3) is 0 Å². The van der Waals surface area contributed by atoms with Gasteiger partial charge in [0.05, 0.1) is 7.11 Å². The van der Waals surface area contributed by atoms with E-state index in [4.69, 9.17) is 4.74 Å². The second-order valence-electron chi connectivity index (χ2n) is 2.56. The maximum Gasteiger partial charge on any atom is 0.411 e. The molecular formula is C8H11NO4. The summed E-state index contributed by atoms with van der Waals surface area (Å²) in [4.78, 5) is 23.4. The Hall–Kier alpha value is -1.52. The van der Waals surface area contributed by atoms with Crippen molar-refractivity contribution >= 4 is 12.1 Å². The van der Waals surface area contributed by atoms with Crippen molar-refractivity contribution in [3.63, 3.8) is 0 Å². The van der Waals surface area contributed by atoms with Crippen molar-refractivity contribution in [2.75, 3.05) is 20.3 Å². The van der Waals surface area contributed by atoms with Gasteiger partial charge in [0, 0.05) is 6.54 Å². The van der Waals surface area contributed by atoms with Gasteiger partial charge in [0.15, 0.2) is 6.04 Å². The minimum atomic E-state index is -0.629. The van der Waals surface area contributed by atoms with Gasteiger partial charge in [0.2, 0.25) is 0 Å². The van der Waals surface area contributed by atoms with Crippen molar-refractivity contribution in [3.05, 3.63) is 12.7 Å². The molecule has 0 aliphatic carbocycles. The van der Waals surface area contributed by atoms with E-state index in [1.54, 1.807) is 0 Å². The van der Waals surface area contributed by atoms with Crippen LogP contribution < -0.4 is 0 Å². The molecule has 1 saturated heterocycles. The van der Waals surface area contributed by atoms with Gasteiger partial charge in [-0.3, -0.25) is 4.90 Å². The summed E-state index contributed by atoms with van der Waals surface area (Å²) in [5.74, 6) is -0.465. The van der Waals surface area contributed by atoms with E-state index >= 15 is 0 Å². The summed E-state index contributed by atoms with van der Waals surface area (Å²) in [7, 11) is 1.28. The van der Waals surface area contributed by atoms with Gasteiger partial charge < -0.3 is 9.47 Å². The van der Waals surface area contributed by atoms with Crippen molar-refractivity contribution in [2.45, 2.75) is 6.04 Å². The Kier molecular flexibility index (Phi) is 2.89. The minimum absolute atomic E-state index is 0.0549. The Bertz CT molecular complexity index is 238. The molecule has 72 valence electrons. The first-order chi connectivity index (χ1) is 6.20. The normalized spacial score (nSPS) is 21.2. The molecule has 1 heterocycles. The lowest BCUT2D eigenvalue weighted by Crippen LogP contribution is -2.40. The summed E-state index contributed by atoms with van der Waals surface area (Å²) < 4.78 is 9.20. The summed E-state index contributed by atoms with van der Waals surface area (Å²) in [5, 5.41) is 0. The van der Waals surface area contributed by atoms with Gasteiger partial charge in [-0.1, -0.05) is 6.08 Å². The number of carbonyl (C=O) groups is 2. The van der Waals surface area contributed by atoms with E-state index in [2.05, 4.69) is 11.3 Å². The Balaban J connectivity index is 2.68. The van der Waals surface area contributed by atoms with Crippen LogP contribution in [-0.2, 0) is 14.3 Å². The van der Waals surface area contributed by atoms with Gasteiger partial charge in [-0.25, -0.2) is 9.59 Å². The molecule has 1 rings (SSSR count). The van der Waals surface area contributed by atoms with Crippen LogP contribution in [0, 0.1) is 0 Å². The van der Waals surface area contributed by atoms with Gasteiger partial charge in [-0.15, -0.1) is 6.58 Å². The van der Waals surface area contributed by atoms with Crippen molar-refractivity contribution in [1.29, 1.82) is 0 Å². The summed E-state index contributed by atoms with van der Waals surface area (Å²) in [5.41, 5.74) is 0. The zero-order valence-electron chi connectivity index (χ0n) is 7.36. The first-order valence-electron chi connectivity index (χ1n) is 3.82. The van der Waals surface area contributed by atoms with Gasteiger partial charge in [0.25, 0.3) is 0 Å². The SMILES string of the molecule is C=CCN1C(=O)OC[C@@H]1C(=O)OC. The second kappa shape index (κ2) is 3.93. The molecule has 1 aliphatic rings. The Morgan fingerprint density at radius 3 is 3.15 bits per heavy atom. The molecule has 1 fully saturated rings. The topological polar surface area (TPSA) is 55.8 Å². The van der Waals surface area contributed by atoms with E-state index in [9.17, 15) is 9.59 Å². The third-order valence-corrected chi connectivity index (χ3v) is 1.77. The number of methoxy groups -OCH3 is 1. The van der Waals surface area contributed by atoms with Crippen LogP contribution in [-0.4, -0.2) is 43.3 Å². The molecule has 0 N–H and O–H groups in total. The highest BCUT2D eigenvalue weighted by Crippen LogP contribution is 2.12. The zero-order chi connectivity index (χ0) is 9.84. The molecule has 0 aromatic rings. The largest absolute Gasteiger partial charge is 0.467 e. The number of ether oxygens (including phenoxy) is 2. The molecular weight excluding hydrogens is 174 g/mol. The van der Waals surface area contributed by atoms with Crippen LogP contribution in [0.2, 0.25) is 0 Å². The zero-order valence-corrected chi connectivity index (χ0v) is 7.36. The molecule has 0 radical (unpaired) electrons. The van der Waals surface area contributed by atoms with Crippen LogP contribution in [0.15, 0.2) is 12.7 Å². The number of cyclic esters (lactones) is 1. The molecule has 1 atom stereocenters. The van der Waals surface area contributed by atoms with Gasteiger partial charge in [-0.2, -0.15) is 0 Å². The average Bonchev–Trinajstić information content (AvgIpc) is 2.48. The number of rotatable bonds is 3. The predicted octanol–water partition coefficient (Wildman–Crippen LogP) is 0.166.